The first kappa shape index (κ1) is 21.5. The molecule has 3 aromatic carbocycles. The molecule has 0 saturated heterocycles. The number of hydrogen-bond donors (Lipinski definition) is 2. The minimum absolute atomic E-state index is 0.264. The molecule has 3 N–H and O–H groups in total. The number of methoxy groups -OCH3 is 1. The van der Waals surface area contributed by atoms with Crippen LogP contribution in [-0.2, 0) is 4.79 Å². The lowest BCUT2D eigenvalue weighted by Gasteiger charge is -2.21. The lowest BCUT2D eigenvalue weighted by atomic mass is 10.0. The zero-order valence-electron chi connectivity index (χ0n) is 17.2. The van der Waals surface area contributed by atoms with Gasteiger partial charge in [-0.15, -0.1) is 0 Å². The zero-order chi connectivity index (χ0) is 21.7. The second-order valence-corrected chi connectivity index (χ2v) is 7.23. The minimum atomic E-state index is -0.643. The van der Waals surface area contributed by atoms with Gasteiger partial charge in [0.25, 0.3) is 5.91 Å². The molecule has 0 radical (unpaired) electrons. The molecule has 30 heavy (non-hydrogen) atoms. The van der Waals surface area contributed by atoms with Crippen LogP contribution in [0.2, 0.25) is 0 Å². The highest BCUT2D eigenvalue weighted by Crippen LogP contribution is 2.26. The number of anilines is 1. The van der Waals surface area contributed by atoms with Crippen molar-refractivity contribution in [2.75, 3.05) is 12.4 Å². The van der Waals surface area contributed by atoms with Gasteiger partial charge in [0.05, 0.1) is 12.8 Å². The molecule has 0 saturated carbocycles. The van der Waals surface area contributed by atoms with Gasteiger partial charge in [0, 0.05) is 17.2 Å². The molecule has 156 valence electrons. The number of ether oxygens (including phenoxy) is 1. The van der Waals surface area contributed by atoms with Crippen molar-refractivity contribution in [3.05, 3.63) is 95.1 Å². The van der Waals surface area contributed by atoms with Crippen LogP contribution in [0.3, 0.4) is 0 Å². The first-order valence-electron chi connectivity index (χ1n) is 9.69. The van der Waals surface area contributed by atoms with Crippen molar-refractivity contribution in [1.82, 2.24) is 0 Å². The number of carbonyl (C=O) groups excluding carboxylic acids is 1. The van der Waals surface area contributed by atoms with Gasteiger partial charge in [-0.25, -0.2) is 8.78 Å². The Morgan fingerprint density at radius 3 is 2.43 bits per heavy atom. The second-order valence-electron chi connectivity index (χ2n) is 7.23. The predicted octanol–water partition coefficient (Wildman–Crippen LogP) is 4.29. The number of hydrogen-bond acceptors (Lipinski definition) is 2. The fourth-order valence-corrected chi connectivity index (χ4v) is 3.40. The normalized spacial score (nSPS) is 12.8. The summed E-state index contributed by atoms with van der Waals surface area (Å²) in [5, 5.41) is 4.70. The highest BCUT2D eigenvalue weighted by atomic mass is 19.1. The summed E-state index contributed by atoms with van der Waals surface area (Å²) in [6, 6.07) is 17.2. The Balaban J connectivity index is 1.89. The van der Waals surface area contributed by atoms with Crippen molar-refractivity contribution in [3.8, 4) is 5.75 Å². The Morgan fingerprint density at radius 1 is 1.03 bits per heavy atom. The Kier molecular flexibility index (Phi) is 6.79. The molecular weight excluding hydrogens is 386 g/mol. The van der Waals surface area contributed by atoms with Gasteiger partial charge >= 0.3 is 0 Å². The molecule has 4 nitrogen and oxygen atoms in total. The highest BCUT2D eigenvalue weighted by Gasteiger charge is 2.28. The Bertz CT molecular complexity index is 1020. The smallest absolute Gasteiger partial charge is 0.287 e. The molecule has 0 bridgehead atoms. The van der Waals surface area contributed by atoms with E-state index in [0.717, 1.165) is 17.2 Å². The van der Waals surface area contributed by atoms with Gasteiger partial charge in [-0.2, -0.15) is 0 Å². The van der Waals surface area contributed by atoms with Gasteiger partial charge in [-0.3, -0.25) is 4.79 Å². The zero-order valence-corrected chi connectivity index (χ0v) is 17.2. The molecule has 2 atom stereocenters. The molecule has 0 spiro atoms. The third-order valence-corrected chi connectivity index (χ3v) is 4.99. The summed E-state index contributed by atoms with van der Waals surface area (Å²) < 4.78 is 32.9. The van der Waals surface area contributed by atoms with Crippen LogP contribution in [0.5, 0.6) is 5.75 Å². The number of nitrogens with one attached hydrogen (secondary N) is 1. The number of halogens is 2. The van der Waals surface area contributed by atoms with E-state index in [1.165, 1.54) is 12.1 Å². The summed E-state index contributed by atoms with van der Waals surface area (Å²) in [5.74, 6) is -0.975. The van der Waals surface area contributed by atoms with Gasteiger partial charge in [-0.05, 0) is 43.7 Å². The van der Waals surface area contributed by atoms with Crippen molar-refractivity contribution in [2.24, 2.45) is 0 Å². The van der Waals surface area contributed by atoms with E-state index in [1.807, 2.05) is 49.4 Å². The highest BCUT2D eigenvalue weighted by molar-refractivity contribution is 5.95. The Hall–Kier alpha value is -3.25. The van der Waals surface area contributed by atoms with Gasteiger partial charge in [-0.1, -0.05) is 36.4 Å². The molecule has 6 heteroatoms. The molecule has 0 unspecified atom stereocenters. The van der Waals surface area contributed by atoms with Crippen LogP contribution < -0.4 is 15.4 Å². The molecular formula is C24H25F2N2O2+. The van der Waals surface area contributed by atoms with Crippen molar-refractivity contribution < 1.29 is 23.6 Å². The van der Waals surface area contributed by atoms with E-state index < -0.39 is 23.7 Å². The van der Waals surface area contributed by atoms with Gasteiger partial charge in [0.1, 0.15) is 23.4 Å². The third kappa shape index (κ3) is 5.02. The molecule has 1 amide bonds. The van der Waals surface area contributed by atoms with Crippen molar-refractivity contribution in [2.45, 2.75) is 25.9 Å². The van der Waals surface area contributed by atoms with Crippen LogP contribution in [0.1, 0.15) is 35.7 Å². The van der Waals surface area contributed by atoms with Crippen LogP contribution >= 0.6 is 0 Å². The van der Waals surface area contributed by atoms with Crippen LogP contribution in [-0.4, -0.2) is 13.0 Å². The molecule has 3 rings (SSSR count). The van der Waals surface area contributed by atoms with Crippen LogP contribution in [0.4, 0.5) is 14.5 Å². The van der Waals surface area contributed by atoms with E-state index in [4.69, 9.17) is 4.74 Å². The Labute approximate surface area is 174 Å². The largest absolute Gasteiger partial charge is 0.495 e. The monoisotopic (exact) mass is 411 g/mol. The van der Waals surface area contributed by atoms with Crippen molar-refractivity contribution in [1.29, 1.82) is 0 Å². The van der Waals surface area contributed by atoms with Crippen molar-refractivity contribution >= 4 is 11.6 Å². The van der Waals surface area contributed by atoms with Gasteiger partial charge in [0.15, 0.2) is 6.04 Å². The summed E-state index contributed by atoms with van der Waals surface area (Å²) in [6.45, 7) is 3.71. The molecule has 0 aliphatic heterocycles. The summed E-state index contributed by atoms with van der Waals surface area (Å²) in [4.78, 5) is 13.2. The quantitative estimate of drug-likeness (QED) is 0.610. The van der Waals surface area contributed by atoms with Gasteiger partial charge in [0.2, 0.25) is 0 Å². The number of rotatable bonds is 7. The maximum Gasteiger partial charge on any atom is 0.287 e. The predicted molar refractivity (Wildman–Crippen MR) is 112 cm³/mol. The molecule has 0 aliphatic carbocycles. The van der Waals surface area contributed by atoms with E-state index in [9.17, 15) is 13.6 Å². The molecule has 0 fully saturated rings. The molecule has 0 aliphatic rings. The van der Waals surface area contributed by atoms with E-state index in [1.54, 1.807) is 25.4 Å². The van der Waals surface area contributed by atoms with Crippen LogP contribution in [0, 0.1) is 18.6 Å². The maximum absolute atomic E-state index is 14.3. The van der Waals surface area contributed by atoms with Crippen LogP contribution in [0.25, 0.3) is 0 Å². The van der Waals surface area contributed by atoms with E-state index >= 15 is 0 Å². The summed E-state index contributed by atoms with van der Waals surface area (Å²) in [5.41, 5.74) is 2.65. The molecule has 0 aromatic heterocycles. The number of benzene rings is 3. The lowest BCUT2D eigenvalue weighted by Crippen LogP contribution is -2.87. The standard InChI is InChI=1S/C24H24F2N2O2/c1-15-9-12-22(30-3)21(13-15)28-24(29)23(17-7-5-4-6-8-17)27-16(2)19-11-10-18(25)14-20(19)26/h4-14,16,23,27H,1-3H3,(H,28,29)/p+1/t16-,23-/m0/s1. The third-order valence-electron chi connectivity index (χ3n) is 4.99. The number of quaternary nitrogens is 1. The lowest BCUT2D eigenvalue weighted by molar-refractivity contribution is -0.719. The van der Waals surface area contributed by atoms with E-state index in [2.05, 4.69) is 5.32 Å². The second kappa shape index (κ2) is 9.50. The average molecular weight is 411 g/mol. The first-order chi connectivity index (χ1) is 14.4. The first-order valence-corrected chi connectivity index (χ1v) is 9.69. The fourth-order valence-electron chi connectivity index (χ4n) is 3.40. The van der Waals surface area contributed by atoms with E-state index in [0.29, 0.717) is 17.0 Å². The molecule has 0 heterocycles. The number of carbonyl (C=O) groups is 1. The average Bonchev–Trinajstić information content (AvgIpc) is 2.72. The summed E-state index contributed by atoms with van der Waals surface area (Å²) in [6.07, 6.45) is 0. The Morgan fingerprint density at radius 2 is 1.77 bits per heavy atom. The van der Waals surface area contributed by atoms with E-state index in [-0.39, 0.29) is 5.91 Å². The number of aryl methyl sites for hydroxylation is 1. The summed E-state index contributed by atoms with van der Waals surface area (Å²) in [7, 11) is 1.54. The number of amides is 1. The number of nitrogens with two attached hydrogens (primary N) is 1. The maximum atomic E-state index is 14.3. The van der Waals surface area contributed by atoms with Crippen LogP contribution in [0.15, 0.2) is 66.7 Å². The molecule has 3 aromatic rings. The fraction of sp³-hybridized carbons (Fsp3) is 0.208. The topological polar surface area (TPSA) is 54.9 Å². The SMILES string of the molecule is COc1ccc(C)cc1NC(=O)[C@@H]([NH2+][C@@H](C)c1ccc(F)cc1F)c1ccccc1. The van der Waals surface area contributed by atoms with Gasteiger partial charge < -0.3 is 15.4 Å². The minimum Gasteiger partial charge on any atom is -0.495 e. The van der Waals surface area contributed by atoms with Crippen molar-refractivity contribution in [3.63, 3.8) is 0 Å². The summed E-state index contributed by atoms with van der Waals surface area (Å²) >= 11 is 0.